The van der Waals surface area contributed by atoms with Crippen molar-refractivity contribution in [1.29, 1.82) is 0 Å². The van der Waals surface area contributed by atoms with E-state index in [4.69, 9.17) is 16.6 Å². The molecular formula is C9H12N2O2. The van der Waals surface area contributed by atoms with E-state index in [-0.39, 0.29) is 5.56 Å². The van der Waals surface area contributed by atoms with Crippen LogP contribution in [0.15, 0.2) is 6.07 Å². The lowest BCUT2D eigenvalue weighted by atomic mass is 10.00. The van der Waals surface area contributed by atoms with Crippen molar-refractivity contribution in [3.63, 3.8) is 0 Å². The van der Waals surface area contributed by atoms with Crippen LogP contribution in [0.4, 0.5) is 11.4 Å². The van der Waals surface area contributed by atoms with E-state index >= 15 is 0 Å². The summed E-state index contributed by atoms with van der Waals surface area (Å²) in [7, 11) is 0. The molecule has 13 heavy (non-hydrogen) atoms. The van der Waals surface area contributed by atoms with Gasteiger partial charge in [-0.25, -0.2) is 4.79 Å². The third-order valence-corrected chi connectivity index (χ3v) is 2.14. The maximum absolute atomic E-state index is 10.8. The lowest BCUT2D eigenvalue weighted by molar-refractivity contribution is 0.0695. The van der Waals surface area contributed by atoms with Gasteiger partial charge in [0.05, 0.1) is 5.56 Å². The standard InChI is InChI=1S/C9H12N2O2/c1-4-6(10)3-7(11)5(2)8(4)9(12)13/h3H,10-11H2,1-2H3,(H,12,13). The van der Waals surface area contributed by atoms with Crippen LogP contribution in [0.5, 0.6) is 0 Å². The summed E-state index contributed by atoms with van der Waals surface area (Å²) in [6.45, 7) is 3.34. The number of hydrogen-bond donors (Lipinski definition) is 3. The molecule has 0 aromatic heterocycles. The van der Waals surface area contributed by atoms with Crippen LogP contribution in [0.1, 0.15) is 21.5 Å². The molecule has 4 heteroatoms. The number of hydrogen-bond acceptors (Lipinski definition) is 3. The third-order valence-electron chi connectivity index (χ3n) is 2.14. The molecule has 1 aromatic carbocycles. The predicted octanol–water partition coefficient (Wildman–Crippen LogP) is 1.17. The van der Waals surface area contributed by atoms with Gasteiger partial charge in [0.15, 0.2) is 0 Å². The molecule has 0 saturated carbocycles. The second-order valence-corrected chi connectivity index (χ2v) is 2.99. The minimum absolute atomic E-state index is 0.206. The third kappa shape index (κ3) is 1.42. The lowest BCUT2D eigenvalue weighted by Crippen LogP contribution is -2.08. The molecule has 0 heterocycles. The summed E-state index contributed by atoms with van der Waals surface area (Å²) in [6, 6.07) is 1.58. The van der Waals surface area contributed by atoms with Crippen LogP contribution in [0.2, 0.25) is 0 Å². The molecule has 0 unspecified atom stereocenters. The van der Waals surface area contributed by atoms with Crippen LogP contribution in [-0.2, 0) is 0 Å². The molecular weight excluding hydrogens is 168 g/mol. The Kier molecular flexibility index (Phi) is 2.14. The molecule has 0 saturated heterocycles. The number of nitrogen functional groups attached to an aromatic ring is 2. The smallest absolute Gasteiger partial charge is 0.336 e. The minimum Gasteiger partial charge on any atom is -0.478 e. The van der Waals surface area contributed by atoms with Gasteiger partial charge in [0.25, 0.3) is 0 Å². The molecule has 0 aliphatic heterocycles. The van der Waals surface area contributed by atoms with Crippen LogP contribution < -0.4 is 11.5 Å². The zero-order valence-corrected chi connectivity index (χ0v) is 7.59. The number of anilines is 2. The van der Waals surface area contributed by atoms with Crippen molar-refractivity contribution in [2.45, 2.75) is 13.8 Å². The Morgan fingerprint density at radius 2 is 1.62 bits per heavy atom. The number of nitrogens with two attached hydrogens (primary N) is 2. The molecule has 70 valence electrons. The first-order valence-electron chi connectivity index (χ1n) is 3.83. The topological polar surface area (TPSA) is 89.3 Å². The fourth-order valence-electron chi connectivity index (χ4n) is 1.27. The van der Waals surface area contributed by atoms with Crippen molar-refractivity contribution >= 4 is 17.3 Å². The molecule has 1 aromatic rings. The van der Waals surface area contributed by atoms with Crippen LogP contribution >= 0.6 is 0 Å². The van der Waals surface area contributed by atoms with E-state index in [0.29, 0.717) is 22.5 Å². The quantitative estimate of drug-likeness (QED) is 0.566. The van der Waals surface area contributed by atoms with Gasteiger partial charge in [-0.3, -0.25) is 0 Å². The Hall–Kier alpha value is -1.71. The Balaban J connectivity index is 3.56. The van der Waals surface area contributed by atoms with E-state index in [1.807, 2.05) is 0 Å². The Bertz CT molecular complexity index is 346. The number of carboxylic acids is 1. The molecule has 0 spiro atoms. The molecule has 0 radical (unpaired) electrons. The van der Waals surface area contributed by atoms with Crippen molar-refractivity contribution in [2.75, 3.05) is 11.5 Å². The van der Waals surface area contributed by atoms with Crippen molar-refractivity contribution in [2.24, 2.45) is 0 Å². The summed E-state index contributed by atoms with van der Waals surface area (Å²) >= 11 is 0. The fraction of sp³-hybridized carbons (Fsp3) is 0.222. The van der Waals surface area contributed by atoms with E-state index in [2.05, 4.69) is 0 Å². The highest BCUT2D eigenvalue weighted by Crippen LogP contribution is 2.25. The van der Waals surface area contributed by atoms with Crippen LogP contribution in [0.3, 0.4) is 0 Å². The van der Waals surface area contributed by atoms with Gasteiger partial charge in [0.2, 0.25) is 0 Å². The van der Waals surface area contributed by atoms with Gasteiger partial charge in [0.1, 0.15) is 0 Å². The van der Waals surface area contributed by atoms with Gasteiger partial charge in [0, 0.05) is 11.4 Å². The summed E-state index contributed by atoms with van der Waals surface area (Å²) in [5.41, 5.74) is 13.3. The summed E-state index contributed by atoms with van der Waals surface area (Å²) in [5, 5.41) is 8.88. The normalized spacial score (nSPS) is 10.0. The summed E-state index contributed by atoms with van der Waals surface area (Å²) < 4.78 is 0. The van der Waals surface area contributed by atoms with Gasteiger partial charge in [-0.1, -0.05) is 0 Å². The highest BCUT2D eigenvalue weighted by molar-refractivity contribution is 5.94. The van der Waals surface area contributed by atoms with Crippen LogP contribution in [0.25, 0.3) is 0 Å². The zero-order chi connectivity index (χ0) is 10.2. The largest absolute Gasteiger partial charge is 0.478 e. The number of aromatic carboxylic acids is 1. The monoisotopic (exact) mass is 180 g/mol. The molecule has 0 aliphatic rings. The first kappa shape index (κ1) is 9.38. The fourth-order valence-corrected chi connectivity index (χ4v) is 1.27. The Morgan fingerprint density at radius 3 is 1.92 bits per heavy atom. The lowest BCUT2D eigenvalue weighted by Gasteiger charge is -2.10. The van der Waals surface area contributed by atoms with E-state index in [1.165, 1.54) is 0 Å². The van der Waals surface area contributed by atoms with Crippen LogP contribution in [0, 0.1) is 13.8 Å². The van der Waals surface area contributed by atoms with Crippen molar-refractivity contribution in [3.8, 4) is 0 Å². The number of carbonyl (C=O) groups is 1. The van der Waals surface area contributed by atoms with E-state index in [0.717, 1.165) is 0 Å². The van der Waals surface area contributed by atoms with Gasteiger partial charge in [-0.05, 0) is 31.0 Å². The molecule has 1 rings (SSSR count). The van der Waals surface area contributed by atoms with Gasteiger partial charge >= 0.3 is 5.97 Å². The summed E-state index contributed by atoms with van der Waals surface area (Å²) in [6.07, 6.45) is 0. The number of rotatable bonds is 1. The molecule has 5 N–H and O–H groups in total. The van der Waals surface area contributed by atoms with Gasteiger partial charge in [-0.15, -0.1) is 0 Å². The molecule has 0 fully saturated rings. The van der Waals surface area contributed by atoms with E-state index in [9.17, 15) is 4.79 Å². The SMILES string of the molecule is Cc1c(N)cc(N)c(C)c1C(=O)O. The molecule has 0 bridgehead atoms. The highest BCUT2D eigenvalue weighted by Gasteiger charge is 2.14. The maximum Gasteiger partial charge on any atom is 0.336 e. The van der Waals surface area contributed by atoms with Gasteiger partial charge < -0.3 is 16.6 Å². The molecule has 4 nitrogen and oxygen atoms in total. The molecule has 0 amide bonds. The Morgan fingerprint density at radius 1 is 1.23 bits per heavy atom. The van der Waals surface area contributed by atoms with Gasteiger partial charge in [-0.2, -0.15) is 0 Å². The average molecular weight is 180 g/mol. The molecule has 0 aliphatic carbocycles. The summed E-state index contributed by atoms with van der Waals surface area (Å²) in [4.78, 5) is 10.8. The zero-order valence-electron chi connectivity index (χ0n) is 7.59. The first-order valence-corrected chi connectivity index (χ1v) is 3.83. The first-order chi connectivity index (χ1) is 5.95. The van der Waals surface area contributed by atoms with Crippen molar-refractivity contribution in [1.82, 2.24) is 0 Å². The predicted molar refractivity (Wildman–Crippen MR) is 51.7 cm³/mol. The minimum atomic E-state index is -0.992. The van der Waals surface area contributed by atoms with Crippen molar-refractivity contribution < 1.29 is 9.90 Å². The Labute approximate surface area is 76.2 Å². The maximum atomic E-state index is 10.8. The summed E-state index contributed by atoms with van der Waals surface area (Å²) in [5.74, 6) is -0.992. The molecule has 0 atom stereocenters. The van der Waals surface area contributed by atoms with Crippen molar-refractivity contribution in [3.05, 3.63) is 22.8 Å². The highest BCUT2D eigenvalue weighted by atomic mass is 16.4. The number of benzene rings is 1. The van der Waals surface area contributed by atoms with E-state index < -0.39 is 5.97 Å². The second-order valence-electron chi connectivity index (χ2n) is 2.99. The van der Waals surface area contributed by atoms with Crippen LogP contribution in [-0.4, -0.2) is 11.1 Å². The average Bonchev–Trinajstić information content (AvgIpc) is 2.01. The number of carboxylic acid groups (broad SMARTS) is 1. The second kappa shape index (κ2) is 2.97. The van der Waals surface area contributed by atoms with E-state index in [1.54, 1.807) is 19.9 Å².